The first kappa shape index (κ1) is 14.5. The molecule has 0 fully saturated rings. The van der Waals surface area contributed by atoms with Gasteiger partial charge in [0.15, 0.2) is 0 Å². The molecule has 20 heavy (non-hydrogen) atoms. The molecule has 2 aromatic carbocycles. The Bertz CT molecular complexity index is 564. The maximum atomic E-state index is 12.0. The fourth-order valence-electron chi connectivity index (χ4n) is 1.77. The van der Waals surface area contributed by atoms with Crippen molar-refractivity contribution in [2.45, 2.75) is 11.4 Å². The molecule has 0 saturated carbocycles. The van der Waals surface area contributed by atoms with Crippen LogP contribution in [-0.2, 0) is 6.54 Å². The van der Waals surface area contributed by atoms with Crippen LogP contribution >= 0.6 is 11.8 Å². The second-order valence-electron chi connectivity index (χ2n) is 4.26. The highest BCUT2D eigenvalue weighted by molar-refractivity contribution is 7.98. The first-order chi connectivity index (χ1) is 9.72. The topological polar surface area (TPSA) is 38.3 Å². The Balaban J connectivity index is 1.93. The van der Waals surface area contributed by atoms with Gasteiger partial charge in [-0.15, -0.1) is 11.8 Å². The summed E-state index contributed by atoms with van der Waals surface area (Å²) in [5.74, 6) is 0.751. The lowest BCUT2D eigenvalue weighted by Crippen LogP contribution is -2.22. The van der Waals surface area contributed by atoms with Crippen molar-refractivity contribution in [3.63, 3.8) is 0 Å². The number of thioether (sulfide) groups is 1. The van der Waals surface area contributed by atoms with Gasteiger partial charge in [-0.1, -0.05) is 12.1 Å². The molecule has 104 valence electrons. The first-order valence-corrected chi connectivity index (χ1v) is 7.50. The Kier molecular flexibility index (Phi) is 5.07. The van der Waals surface area contributed by atoms with Gasteiger partial charge in [0.2, 0.25) is 0 Å². The number of carbonyl (C=O) groups is 1. The molecule has 0 aromatic heterocycles. The Labute approximate surface area is 123 Å². The molecule has 0 bridgehead atoms. The molecular weight excluding hydrogens is 270 g/mol. The van der Waals surface area contributed by atoms with Gasteiger partial charge in [-0.25, -0.2) is 0 Å². The zero-order chi connectivity index (χ0) is 14.4. The highest BCUT2D eigenvalue weighted by Crippen LogP contribution is 2.15. The number of ether oxygens (including phenoxy) is 1. The normalized spacial score (nSPS) is 10.1. The van der Waals surface area contributed by atoms with Gasteiger partial charge in [0.1, 0.15) is 5.75 Å². The summed E-state index contributed by atoms with van der Waals surface area (Å²) >= 11 is 1.66. The lowest BCUT2D eigenvalue weighted by molar-refractivity contribution is 0.0951. The van der Waals surface area contributed by atoms with E-state index in [0.717, 1.165) is 16.2 Å². The van der Waals surface area contributed by atoms with Gasteiger partial charge in [-0.2, -0.15) is 0 Å². The van der Waals surface area contributed by atoms with E-state index in [0.29, 0.717) is 12.1 Å². The van der Waals surface area contributed by atoms with Crippen molar-refractivity contribution in [3.8, 4) is 5.75 Å². The minimum Gasteiger partial charge on any atom is -0.497 e. The number of carbonyl (C=O) groups excluding carboxylic acids is 1. The van der Waals surface area contributed by atoms with Crippen molar-refractivity contribution in [3.05, 3.63) is 59.7 Å². The number of amides is 1. The summed E-state index contributed by atoms with van der Waals surface area (Å²) in [6.07, 6.45) is 2.01. The van der Waals surface area contributed by atoms with E-state index in [1.165, 1.54) is 0 Å². The SMILES string of the molecule is COc1ccc(CNC(=O)c2ccc(SC)cc2)cc1. The second kappa shape index (κ2) is 7.01. The van der Waals surface area contributed by atoms with E-state index in [1.807, 2.05) is 54.8 Å². The third-order valence-electron chi connectivity index (χ3n) is 2.96. The Morgan fingerprint density at radius 3 is 2.30 bits per heavy atom. The highest BCUT2D eigenvalue weighted by atomic mass is 32.2. The third-order valence-corrected chi connectivity index (χ3v) is 3.71. The van der Waals surface area contributed by atoms with Crippen LogP contribution in [0.25, 0.3) is 0 Å². The predicted octanol–water partition coefficient (Wildman–Crippen LogP) is 3.35. The number of rotatable bonds is 5. The average molecular weight is 287 g/mol. The van der Waals surface area contributed by atoms with Crippen LogP contribution in [0.5, 0.6) is 5.75 Å². The molecule has 0 aliphatic carbocycles. The van der Waals surface area contributed by atoms with E-state index in [1.54, 1.807) is 18.9 Å². The van der Waals surface area contributed by atoms with Gasteiger partial charge in [0.05, 0.1) is 7.11 Å². The smallest absolute Gasteiger partial charge is 0.251 e. The molecular formula is C16H17NO2S. The van der Waals surface area contributed by atoms with Gasteiger partial charge < -0.3 is 10.1 Å². The summed E-state index contributed by atoms with van der Waals surface area (Å²) < 4.78 is 5.10. The van der Waals surface area contributed by atoms with Crippen molar-refractivity contribution in [2.24, 2.45) is 0 Å². The van der Waals surface area contributed by atoms with Crippen LogP contribution in [0.1, 0.15) is 15.9 Å². The maximum absolute atomic E-state index is 12.0. The van der Waals surface area contributed by atoms with E-state index in [-0.39, 0.29) is 5.91 Å². The zero-order valence-electron chi connectivity index (χ0n) is 11.6. The van der Waals surface area contributed by atoms with Crippen LogP contribution in [0.15, 0.2) is 53.4 Å². The molecule has 1 N–H and O–H groups in total. The minimum atomic E-state index is -0.0616. The van der Waals surface area contributed by atoms with E-state index in [9.17, 15) is 4.79 Å². The summed E-state index contributed by atoms with van der Waals surface area (Å²) in [7, 11) is 1.63. The summed E-state index contributed by atoms with van der Waals surface area (Å²) in [5, 5.41) is 2.90. The van der Waals surface area contributed by atoms with Crippen LogP contribution in [0, 0.1) is 0 Å². The monoisotopic (exact) mass is 287 g/mol. The fraction of sp³-hybridized carbons (Fsp3) is 0.188. The minimum absolute atomic E-state index is 0.0616. The molecule has 2 rings (SSSR count). The standard InChI is InChI=1S/C16H17NO2S/c1-19-14-7-3-12(4-8-14)11-17-16(18)13-5-9-15(20-2)10-6-13/h3-10H,11H2,1-2H3,(H,17,18). The molecule has 0 atom stereocenters. The van der Waals surface area contributed by atoms with Crippen molar-refractivity contribution in [1.82, 2.24) is 5.32 Å². The van der Waals surface area contributed by atoms with Crippen LogP contribution in [0.4, 0.5) is 0 Å². The van der Waals surface area contributed by atoms with Crippen molar-refractivity contribution in [2.75, 3.05) is 13.4 Å². The Hall–Kier alpha value is -1.94. The molecule has 0 radical (unpaired) electrons. The molecule has 0 aliphatic rings. The lowest BCUT2D eigenvalue weighted by Gasteiger charge is -2.07. The average Bonchev–Trinajstić information content (AvgIpc) is 2.53. The summed E-state index contributed by atoms with van der Waals surface area (Å²) in [4.78, 5) is 13.1. The Morgan fingerprint density at radius 2 is 1.75 bits per heavy atom. The predicted molar refractivity (Wildman–Crippen MR) is 82.4 cm³/mol. The first-order valence-electron chi connectivity index (χ1n) is 6.28. The second-order valence-corrected chi connectivity index (χ2v) is 5.14. The number of benzene rings is 2. The molecule has 0 aliphatic heterocycles. The maximum Gasteiger partial charge on any atom is 0.251 e. The van der Waals surface area contributed by atoms with Gasteiger partial charge in [-0.05, 0) is 48.2 Å². The third kappa shape index (κ3) is 3.78. The summed E-state index contributed by atoms with van der Waals surface area (Å²) in [6.45, 7) is 0.507. The zero-order valence-corrected chi connectivity index (χ0v) is 12.4. The van der Waals surface area contributed by atoms with Gasteiger partial charge in [0.25, 0.3) is 5.91 Å². The van der Waals surface area contributed by atoms with E-state index in [2.05, 4.69) is 5.32 Å². The molecule has 0 saturated heterocycles. The van der Waals surface area contributed by atoms with Crippen molar-refractivity contribution < 1.29 is 9.53 Å². The van der Waals surface area contributed by atoms with Crippen LogP contribution in [0.3, 0.4) is 0 Å². The van der Waals surface area contributed by atoms with Gasteiger partial charge >= 0.3 is 0 Å². The highest BCUT2D eigenvalue weighted by Gasteiger charge is 2.05. The Morgan fingerprint density at radius 1 is 1.10 bits per heavy atom. The van der Waals surface area contributed by atoms with E-state index in [4.69, 9.17) is 4.74 Å². The molecule has 0 spiro atoms. The van der Waals surface area contributed by atoms with Gasteiger partial charge in [0, 0.05) is 17.0 Å². The summed E-state index contributed by atoms with van der Waals surface area (Å²) in [5.41, 5.74) is 1.72. The van der Waals surface area contributed by atoms with Crippen LogP contribution < -0.4 is 10.1 Å². The van der Waals surface area contributed by atoms with Crippen LogP contribution in [-0.4, -0.2) is 19.3 Å². The van der Waals surface area contributed by atoms with E-state index < -0.39 is 0 Å². The molecule has 0 heterocycles. The number of hydrogen-bond donors (Lipinski definition) is 1. The molecule has 2 aromatic rings. The van der Waals surface area contributed by atoms with Crippen LogP contribution in [0.2, 0.25) is 0 Å². The largest absolute Gasteiger partial charge is 0.497 e. The molecule has 0 unspecified atom stereocenters. The molecule has 4 heteroatoms. The molecule has 1 amide bonds. The van der Waals surface area contributed by atoms with Crippen molar-refractivity contribution in [1.29, 1.82) is 0 Å². The lowest BCUT2D eigenvalue weighted by atomic mass is 10.2. The quantitative estimate of drug-likeness (QED) is 0.857. The number of methoxy groups -OCH3 is 1. The van der Waals surface area contributed by atoms with E-state index >= 15 is 0 Å². The van der Waals surface area contributed by atoms with Gasteiger partial charge in [-0.3, -0.25) is 4.79 Å². The summed E-state index contributed by atoms with van der Waals surface area (Å²) in [6, 6.07) is 15.2. The number of hydrogen-bond acceptors (Lipinski definition) is 3. The molecule has 3 nitrogen and oxygen atoms in total. The fourth-order valence-corrected chi connectivity index (χ4v) is 2.18. The van der Waals surface area contributed by atoms with Crippen molar-refractivity contribution >= 4 is 17.7 Å². The number of nitrogens with one attached hydrogen (secondary N) is 1.